The number of carbonyl (C=O) groups is 1. The van der Waals surface area contributed by atoms with Gasteiger partial charge in [0.05, 0.1) is 0 Å². The Morgan fingerprint density at radius 1 is 1.29 bits per heavy atom. The average Bonchev–Trinajstić information content (AvgIpc) is 1.41. The summed E-state index contributed by atoms with van der Waals surface area (Å²) in [7, 11) is 0. The van der Waals surface area contributed by atoms with E-state index in [0.717, 1.165) is 0 Å². The quantitative estimate of drug-likeness (QED) is 0.360. The molecule has 0 amide bonds. The molecule has 0 spiro atoms. The van der Waals surface area contributed by atoms with Crippen LogP contribution in [0.25, 0.3) is 0 Å². The molecule has 0 aromatic carbocycles. The third-order valence-electron chi connectivity index (χ3n) is 0. The van der Waals surface area contributed by atoms with E-state index in [4.69, 9.17) is 18.6 Å². The van der Waals surface area contributed by atoms with Gasteiger partial charge in [0.2, 0.25) is 0 Å². The number of carboxylic acid groups (broad SMARTS) is 2. The standard InChI is InChI=1S/CH2O3.Mg.O.Zn/c2-1(3)4;;;/h(H2,2,3,4);;;/q;+2;;/p-2. The van der Waals surface area contributed by atoms with E-state index in [1.165, 1.54) is 0 Å². The van der Waals surface area contributed by atoms with Gasteiger partial charge >= 0.3 is 44.9 Å². The summed E-state index contributed by atoms with van der Waals surface area (Å²) in [5, 5.41) is 16.7. The van der Waals surface area contributed by atoms with Crippen LogP contribution in [0.2, 0.25) is 0 Å². The van der Waals surface area contributed by atoms with Gasteiger partial charge < -0.3 is 15.0 Å². The molecule has 0 aliphatic heterocycles. The van der Waals surface area contributed by atoms with Crippen molar-refractivity contribution in [1.29, 1.82) is 0 Å². The van der Waals surface area contributed by atoms with Gasteiger partial charge in [-0.1, -0.05) is 0 Å². The predicted molar refractivity (Wildman–Crippen MR) is 11.8 cm³/mol. The first kappa shape index (κ1) is 15.7. The van der Waals surface area contributed by atoms with Crippen molar-refractivity contribution in [3.8, 4) is 0 Å². The fourth-order valence-electron chi connectivity index (χ4n) is 0. The van der Waals surface area contributed by atoms with Gasteiger partial charge in [-0.15, -0.1) is 0 Å². The number of carbonyl (C=O) groups excluding carboxylic acids is 1. The zero-order valence-electron chi connectivity index (χ0n) is 3.55. The summed E-state index contributed by atoms with van der Waals surface area (Å²) in [4.78, 5) is 8.33. The number of hydrogen-bond donors (Lipinski definition) is 0. The summed E-state index contributed by atoms with van der Waals surface area (Å²) < 4.78 is 8.38. The zero-order valence-corrected chi connectivity index (χ0v) is 7.93. The van der Waals surface area contributed by atoms with Crippen molar-refractivity contribution in [2.45, 2.75) is 0 Å². The molecule has 6 heteroatoms. The third kappa shape index (κ3) is 608. The molecule has 32 valence electrons. The molecule has 0 N–H and O–H groups in total. The van der Waals surface area contributed by atoms with Crippen LogP contribution in [0.5, 0.6) is 0 Å². The van der Waals surface area contributed by atoms with E-state index in [1.54, 1.807) is 0 Å². The first-order valence-electron chi connectivity index (χ1n) is 0.901. The average molecular weight is 166 g/mol. The normalized spacial score (nSPS) is 4.29. The Morgan fingerprint density at radius 2 is 1.29 bits per heavy atom. The van der Waals surface area contributed by atoms with Gasteiger partial charge in [0.15, 0.2) is 0 Å². The van der Waals surface area contributed by atoms with E-state index in [1.807, 2.05) is 0 Å². The SMILES string of the molecule is O=C([O-])[O-].[Mg+2].[O]=[Zn]. The molecule has 0 rings (SSSR count). The summed E-state index contributed by atoms with van der Waals surface area (Å²) >= 11 is 0.125. The number of hydrogen-bond acceptors (Lipinski definition) is 4. The minimum atomic E-state index is -2.33. The maximum absolute atomic E-state index is 8.38. The second-order valence-electron chi connectivity index (χ2n) is 0.250. The van der Waals surface area contributed by atoms with Gasteiger partial charge in [0.25, 0.3) is 0 Å². The Bertz CT molecular complexity index is 43.0. The first-order chi connectivity index (χ1) is 2.73. The molecule has 7 heavy (non-hydrogen) atoms. The van der Waals surface area contributed by atoms with E-state index in [2.05, 4.69) is 0 Å². The molecule has 0 aliphatic rings. The Balaban J connectivity index is -0.0000000480. The van der Waals surface area contributed by atoms with Gasteiger partial charge in [-0.05, 0) is 6.16 Å². The number of rotatable bonds is 0. The fourth-order valence-corrected chi connectivity index (χ4v) is 0. The molecule has 0 saturated carbocycles. The molecule has 0 saturated heterocycles. The van der Waals surface area contributed by atoms with Crippen molar-refractivity contribution < 1.29 is 36.8 Å². The molecule has 0 unspecified atom stereocenters. The molecule has 0 aromatic heterocycles. The molecule has 0 aliphatic carbocycles. The van der Waals surface area contributed by atoms with Crippen LogP contribution in [0.1, 0.15) is 0 Å². The van der Waals surface area contributed by atoms with Crippen LogP contribution in [0.15, 0.2) is 0 Å². The van der Waals surface area contributed by atoms with Crippen LogP contribution < -0.4 is 10.2 Å². The van der Waals surface area contributed by atoms with Crippen molar-refractivity contribution in [1.82, 2.24) is 0 Å². The van der Waals surface area contributed by atoms with Crippen molar-refractivity contribution >= 4 is 29.2 Å². The Labute approximate surface area is 66.0 Å². The molecule has 0 heterocycles. The molecule has 4 nitrogen and oxygen atoms in total. The van der Waals surface area contributed by atoms with Crippen LogP contribution >= 0.6 is 0 Å². The third-order valence-corrected chi connectivity index (χ3v) is 0. The Hall–Kier alpha value is 0.460. The van der Waals surface area contributed by atoms with Crippen molar-refractivity contribution in [2.24, 2.45) is 0 Å². The first-order valence-corrected chi connectivity index (χ1v) is 2.11. The van der Waals surface area contributed by atoms with Gasteiger partial charge in [0.1, 0.15) is 0 Å². The summed E-state index contributed by atoms with van der Waals surface area (Å²) in [6.45, 7) is 0. The summed E-state index contributed by atoms with van der Waals surface area (Å²) in [6.07, 6.45) is -2.33. The maximum atomic E-state index is 8.38. The Morgan fingerprint density at radius 3 is 1.29 bits per heavy atom. The Kier molecular flexibility index (Phi) is 36.0. The summed E-state index contributed by atoms with van der Waals surface area (Å²) in [5.74, 6) is 0. The summed E-state index contributed by atoms with van der Waals surface area (Å²) in [5.41, 5.74) is 0. The van der Waals surface area contributed by atoms with Crippen molar-refractivity contribution in [3.63, 3.8) is 0 Å². The summed E-state index contributed by atoms with van der Waals surface area (Å²) in [6, 6.07) is 0. The zero-order chi connectivity index (χ0) is 5.58. The molecular formula is CMgO4Zn. The van der Waals surface area contributed by atoms with Crippen LogP contribution in [0.3, 0.4) is 0 Å². The minimum absolute atomic E-state index is 0. The predicted octanol–water partition coefficient (Wildman–Crippen LogP) is -2.95. The molecular weight excluding hydrogens is 166 g/mol. The van der Waals surface area contributed by atoms with E-state index in [9.17, 15) is 0 Å². The van der Waals surface area contributed by atoms with E-state index in [-0.39, 0.29) is 41.3 Å². The van der Waals surface area contributed by atoms with E-state index < -0.39 is 6.16 Å². The van der Waals surface area contributed by atoms with Crippen LogP contribution in [-0.2, 0) is 21.8 Å². The van der Waals surface area contributed by atoms with Gasteiger partial charge in [0, 0.05) is 0 Å². The second-order valence-corrected chi connectivity index (χ2v) is 0.250. The molecule has 0 radical (unpaired) electrons. The fraction of sp³-hybridized carbons (Fsp3) is 0. The molecule has 0 aromatic rings. The van der Waals surface area contributed by atoms with Crippen LogP contribution in [0.4, 0.5) is 4.79 Å². The van der Waals surface area contributed by atoms with Crippen LogP contribution in [-0.4, -0.2) is 29.2 Å². The van der Waals surface area contributed by atoms with Gasteiger partial charge in [-0.3, -0.25) is 0 Å². The van der Waals surface area contributed by atoms with E-state index in [0.29, 0.717) is 0 Å². The van der Waals surface area contributed by atoms with Gasteiger partial charge in [-0.25, -0.2) is 0 Å². The van der Waals surface area contributed by atoms with Gasteiger partial charge in [-0.2, -0.15) is 0 Å². The van der Waals surface area contributed by atoms with E-state index >= 15 is 0 Å². The second kappa shape index (κ2) is 16.1. The molecule has 0 fully saturated rings. The van der Waals surface area contributed by atoms with Crippen molar-refractivity contribution in [3.05, 3.63) is 0 Å². The monoisotopic (exact) mass is 164 g/mol. The van der Waals surface area contributed by atoms with Crippen LogP contribution in [0, 0.1) is 0 Å². The topological polar surface area (TPSA) is 80.3 Å². The molecule has 0 atom stereocenters. The van der Waals surface area contributed by atoms with Crippen molar-refractivity contribution in [2.75, 3.05) is 0 Å². The molecule has 0 bridgehead atoms.